The molecule has 0 aliphatic carbocycles. The van der Waals surface area contributed by atoms with E-state index in [0.717, 1.165) is 21.4 Å². The van der Waals surface area contributed by atoms with Crippen molar-refractivity contribution in [1.82, 2.24) is 10.3 Å². The van der Waals surface area contributed by atoms with Crippen molar-refractivity contribution in [3.63, 3.8) is 0 Å². The van der Waals surface area contributed by atoms with Gasteiger partial charge in [-0.25, -0.2) is 4.98 Å². The van der Waals surface area contributed by atoms with E-state index in [1.807, 2.05) is 24.3 Å². The van der Waals surface area contributed by atoms with Gasteiger partial charge in [0.05, 0.1) is 15.1 Å². The maximum atomic E-state index is 12.1. The van der Waals surface area contributed by atoms with Crippen molar-refractivity contribution in [3.8, 4) is 0 Å². The van der Waals surface area contributed by atoms with Crippen molar-refractivity contribution in [2.24, 2.45) is 0 Å². The molecule has 1 heterocycles. The number of rotatable bonds is 6. The Morgan fingerprint density at radius 3 is 2.80 bits per heavy atom. The fraction of sp³-hybridized carbons (Fsp3) is 0.125. The van der Waals surface area contributed by atoms with Crippen LogP contribution in [0.5, 0.6) is 0 Å². The van der Waals surface area contributed by atoms with Crippen LogP contribution < -0.4 is 10.6 Å². The molecule has 0 aliphatic rings. The molecule has 2 N–H and O–H groups in total. The number of halogens is 1. The zero-order valence-corrected chi connectivity index (χ0v) is 14.4. The molecule has 0 unspecified atom stereocenters. The molecule has 0 aliphatic heterocycles. The molecule has 7 nitrogen and oxygen atoms in total. The summed E-state index contributed by atoms with van der Waals surface area (Å²) in [5.41, 5.74) is 0.578. The van der Waals surface area contributed by atoms with Gasteiger partial charge in [0.15, 0.2) is 5.13 Å². The van der Waals surface area contributed by atoms with Gasteiger partial charge in [-0.1, -0.05) is 35.1 Å². The molecule has 0 spiro atoms. The van der Waals surface area contributed by atoms with Crippen molar-refractivity contribution in [2.45, 2.75) is 0 Å². The van der Waals surface area contributed by atoms with Crippen LogP contribution in [0.15, 0.2) is 42.5 Å². The van der Waals surface area contributed by atoms with E-state index in [1.165, 1.54) is 23.5 Å². The number of nitro groups is 1. The first-order valence-corrected chi connectivity index (χ1v) is 8.55. The van der Waals surface area contributed by atoms with Crippen molar-refractivity contribution in [3.05, 3.63) is 63.2 Å². The van der Waals surface area contributed by atoms with Crippen LogP contribution in [-0.4, -0.2) is 28.9 Å². The number of fused-ring (bicyclic) bond motifs is 1. The molecule has 0 bridgehead atoms. The Balaban J connectivity index is 1.57. The van der Waals surface area contributed by atoms with Crippen LogP contribution in [-0.2, 0) is 0 Å². The number of thiazole rings is 1. The van der Waals surface area contributed by atoms with Gasteiger partial charge in [0.2, 0.25) is 0 Å². The molecule has 1 amide bonds. The molecule has 1 aromatic heterocycles. The topological polar surface area (TPSA) is 97.2 Å². The highest BCUT2D eigenvalue weighted by Gasteiger charge is 2.20. The van der Waals surface area contributed by atoms with Crippen LogP contribution in [0.4, 0.5) is 10.8 Å². The highest BCUT2D eigenvalue weighted by Crippen LogP contribution is 2.25. The lowest BCUT2D eigenvalue weighted by atomic mass is 10.1. The number of benzene rings is 2. The average Bonchev–Trinajstić information content (AvgIpc) is 3.01. The molecule has 0 atom stereocenters. The minimum absolute atomic E-state index is 0.0191. The molecule has 9 heteroatoms. The van der Waals surface area contributed by atoms with Crippen LogP contribution in [0, 0.1) is 10.1 Å². The third-order valence-corrected chi connectivity index (χ3v) is 4.61. The number of hydrogen-bond donors (Lipinski definition) is 2. The lowest BCUT2D eigenvalue weighted by Crippen LogP contribution is -2.29. The summed E-state index contributed by atoms with van der Waals surface area (Å²) in [5.74, 6) is -0.519. The molecule has 0 fully saturated rings. The zero-order valence-electron chi connectivity index (χ0n) is 12.9. The molecule has 25 heavy (non-hydrogen) atoms. The maximum Gasteiger partial charge on any atom is 0.283 e. The first-order chi connectivity index (χ1) is 12.0. The first kappa shape index (κ1) is 17.1. The Morgan fingerprint density at radius 2 is 2.04 bits per heavy atom. The molecule has 3 rings (SSSR count). The summed E-state index contributed by atoms with van der Waals surface area (Å²) >= 11 is 7.26. The van der Waals surface area contributed by atoms with E-state index in [0.29, 0.717) is 13.1 Å². The molecular weight excluding hydrogens is 364 g/mol. The number of nitrogens with zero attached hydrogens (tertiary/aromatic N) is 2. The second-order valence-corrected chi connectivity index (χ2v) is 6.56. The molecule has 0 radical (unpaired) electrons. The largest absolute Gasteiger partial charge is 0.360 e. The molecule has 128 valence electrons. The Bertz CT molecular complexity index is 911. The molecule has 2 aromatic carbocycles. The van der Waals surface area contributed by atoms with E-state index >= 15 is 0 Å². The van der Waals surface area contributed by atoms with Gasteiger partial charge in [-0.05, 0) is 24.3 Å². The summed E-state index contributed by atoms with van der Waals surface area (Å²) in [6.07, 6.45) is 0. The smallest absolute Gasteiger partial charge is 0.283 e. The number of nitro benzene ring substituents is 1. The SMILES string of the molecule is O=C(NCCNc1nc2ccccc2s1)c1ccc(Cl)cc1[N+](=O)[O-]. The predicted octanol–water partition coefficient (Wildman–Crippen LogP) is 3.70. The molecular formula is C16H13ClN4O3S. The van der Waals surface area contributed by atoms with Crippen LogP contribution in [0.2, 0.25) is 5.02 Å². The van der Waals surface area contributed by atoms with Gasteiger partial charge in [0.25, 0.3) is 11.6 Å². The third-order valence-electron chi connectivity index (χ3n) is 3.38. The summed E-state index contributed by atoms with van der Waals surface area (Å²) < 4.78 is 1.07. The predicted molar refractivity (Wildman–Crippen MR) is 98.5 cm³/mol. The minimum atomic E-state index is -0.625. The van der Waals surface area contributed by atoms with Gasteiger partial charge in [-0.15, -0.1) is 0 Å². The fourth-order valence-electron chi connectivity index (χ4n) is 2.24. The lowest BCUT2D eigenvalue weighted by Gasteiger charge is -2.06. The van der Waals surface area contributed by atoms with Crippen molar-refractivity contribution >= 4 is 49.9 Å². The van der Waals surface area contributed by atoms with E-state index in [9.17, 15) is 14.9 Å². The van der Waals surface area contributed by atoms with E-state index < -0.39 is 10.8 Å². The van der Waals surface area contributed by atoms with Crippen LogP contribution in [0.25, 0.3) is 10.2 Å². The summed E-state index contributed by atoms with van der Waals surface area (Å²) in [4.78, 5) is 27.0. The van der Waals surface area contributed by atoms with Gasteiger partial charge in [0.1, 0.15) is 5.56 Å². The van der Waals surface area contributed by atoms with Crippen LogP contribution in [0.3, 0.4) is 0 Å². The van der Waals surface area contributed by atoms with Gasteiger partial charge in [-0.2, -0.15) is 0 Å². The van der Waals surface area contributed by atoms with Gasteiger partial charge in [0, 0.05) is 24.2 Å². The third kappa shape index (κ3) is 4.04. The number of carbonyl (C=O) groups is 1. The Hall–Kier alpha value is -2.71. The second kappa shape index (κ2) is 7.45. The maximum absolute atomic E-state index is 12.1. The normalized spacial score (nSPS) is 10.6. The first-order valence-electron chi connectivity index (χ1n) is 7.36. The Morgan fingerprint density at radius 1 is 1.24 bits per heavy atom. The minimum Gasteiger partial charge on any atom is -0.360 e. The van der Waals surface area contributed by atoms with Crippen molar-refractivity contribution in [2.75, 3.05) is 18.4 Å². The Kier molecular flexibility index (Phi) is 5.11. The summed E-state index contributed by atoms with van der Waals surface area (Å²) in [6.45, 7) is 0.751. The van der Waals surface area contributed by atoms with E-state index in [4.69, 9.17) is 11.6 Å². The van der Waals surface area contributed by atoms with Gasteiger partial charge >= 0.3 is 0 Å². The van der Waals surface area contributed by atoms with Crippen molar-refractivity contribution in [1.29, 1.82) is 0 Å². The molecule has 0 saturated carbocycles. The number of para-hydroxylation sites is 1. The van der Waals surface area contributed by atoms with Crippen LogP contribution >= 0.6 is 22.9 Å². The number of nitrogens with one attached hydrogen (secondary N) is 2. The quantitative estimate of drug-likeness (QED) is 0.388. The summed E-state index contributed by atoms with van der Waals surface area (Å²) in [6, 6.07) is 11.7. The van der Waals surface area contributed by atoms with Crippen molar-refractivity contribution < 1.29 is 9.72 Å². The molecule has 3 aromatic rings. The average molecular weight is 377 g/mol. The number of amides is 1. The Labute approximate surface area is 151 Å². The summed E-state index contributed by atoms with van der Waals surface area (Å²) in [5, 5.41) is 17.8. The second-order valence-electron chi connectivity index (χ2n) is 5.09. The fourth-order valence-corrected chi connectivity index (χ4v) is 3.29. The van der Waals surface area contributed by atoms with E-state index in [1.54, 1.807) is 0 Å². The number of aromatic nitrogens is 1. The van der Waals surface area contributed by atoms with Crippen LogP contribution in [0.1, 0.15) is 10.4 Å². The standard InChI is InChI=1S/C16H13ClN4O3S/c17-10-5-6-11(13(9-10)21(23)24)15(22)18-7-8-19-16-20-12-3-1-2-4-14(12)25-16/h1-6,9H,7-8H2,(H,18,22)(H,19,20). The van der Waals surface area contributed by atoms with Gasteiger partial charge in [-0.3, -0.25) is 14.9 Å². The number of carbonyl (C=O) groups excluding carboxylic acids is 1. The highest BCUT2D eigenvalue weighted by atomic mass is 35.5. The zero-order chi connectivity index (χ0) is 17.8. The lowest BCUT2D eigenvalue weighted by molar-refractivity contribution is -0.385. The number of hydrogen-bond acceptors (Lipinski definition) is 6. The number of anilines is 1. The summed E-state index contributed by atoms with van der Waals surface area (Å²) in [7, 11) is 0. The van der Waals surface area contributed by atoms with Gasteiger partial charge < -0.3 is 10.6 Å². The molecule has 0 saturated heterocycles. The van der Waals surface area contributed by atoms with E-state index in [2.05, 4.69) is 15.6 Å². The monoisotopic (exact) mass is 376 g/mol. The van der Waals surface area contributed by atoms with E-state index in [-0.39, 0.29) is 16.3 Å². The highest BCUT2D eigenvalue weighted by molar-refractivity contribution is 7.22.